The second-order valence-electron chi connectivity index (χ2n) is 7.37. The zero-order chi connectivity index (χ0) is 19.9. The second kappa shape index (κ2) is 9.36. The summed E-state index contributed by atoms with van der Waals surface area (Å²) >= 11 is 0. The van der Waals surface area contributed by atoms with Gasteiger partial charge in [-0.2, -0.15) is 0 Å². The molecule has 1 aromatic rings. The normalized spacial score (nSPS) is 12.4. The molecule has 0 aromatic heterocycles. The molecule has 1 atom stereocenters. The van der Waals surface area contributed by atoms with Crippen molar-refractivity contribution in [1.82, 2.24) is 0 Å². The van der Waals surface area contributed by atoms with Gasteiger partial charge in [0.15, 0.2) is 0 Å². The quantitative estimate of drug-likeness (QED) is 0.545. The van der Waals surface area contributed by atoms with Gasteiger partial charge in [0.25, 0.3) is 0 Å². The number of ether oxygens (including phenoxy) is 3. The molecule has 0 fully saturated rings. The minimum Gasteiger partial charge on any atom is -0.465 e. The lowest BCUT2D eigenvalue weighted by atomic mass is 9.95. The fourth-order valence-corrected chi connectivity index (χ4v) is 2.33. The van der Waals surface area contributed by atoms with Crippen LogP contribution in [0.2, 0.25) is 0 Å². The van der Waals surface area contributed by atoms with Gasteiger partial charge in [-0.25, -0.2) is 4.79 Å². The highest BCUT2D eigenvalue weighted by Gasteiger charge is 2.27. The SMILES string of the molecule is COC(=O)c1ccc(C[C@@H](CC(=O)OC(C)(C)C)C(=O)OC(C)C)cc1. The summed E-state index contributed by atoms with van der Waals surface area (Å²) in [6.07, 6.45) is -0.0290. The van der Waals surface area contributed by atoms with E-state index in [0.29, 0.717) is 12.0 Å². The Bertz CT molecular complexity index is 625. The van der Waals surface area contributed by atoms with Gasteiger partial charge in [-0.1, -0.05) is 12.1 Å². The van der Waals surface area contributed by atoms with Crippen molar-refractivity contribution in [2.75, 3.05) is 7.11 Å². The topological polar surface area (TPSA) is 78.9 Å². The first-order valence-electron chi connectivity index (χ1n) is 8.61. The lowest BCUT2D eigenvalue weighted by Crippen LogP contribution is -2.30. The summed E-state index contributed by atoms with van der Waals surface area (Å²) in [7, 11) is 1.31. The number of carbonyl (C=O) groups excluding carboxylic acids is 3. The zero-order valence-corrected chi connectivity index (χ0v) is 16.3. The van der Waals surface area contributed by atoms with E-state index in [0.717, 1.165) is 5.56 Å². The molecule has 0 aliphatic heterocycles. The molecule has 0 aliphatic carbocycles. The van der Waals surface area contributed by atoms with Crippen molar-refractivity contribution >= 4 is 17.9 Å². The van der Waals surface area contributed by atoms with Crippen LogP contribution in [0.1, 0.15) is 57.0 Å². The van der Waals surface area contributed by atoms with Crippen molar-refractivity contribution in [3.8, 4) is 0 Å². The lowest BCUT2D eigenvalue weighted by molar-refractivity contribution is -0.163. The molecule has 0 aliphatic rings. The first kappa shape index (κ1) is 21.7. The smallest absolute Gasteiger partial charge is 0.337 e. The van der Waals surface area contributed by atoms with Gasteiger partial charge < -0.3 is 14.2 Å². The number of methoxy groups -OCH3 is 1. The summed E-state index contributed by atoms with van der Waals surface area (Å²) in [5, 5.41) is 0. The van der Waals surface area contributed by atoms with Crippen LogP contribution in [0.25, 0.3) is 0 Å². The molecule has 0 unspecified atom stereocenters. The van der Waals surface area contributed by atoms with Crippen molar-refractivity contribution in [2.24, 2.45) is 5.92 Å². The maximum Gasteiger partial charge on any atom is 0.337 e. The summed E-state index contributed by atoms with van der Waals surface area (Å²) in [6, 6.07) is 6.72. The van der Waals surface area contributed by atoms with Gasteiger partial charge in [-0.3, -0.25) is 9.59 Å². The molecular weight excluding hydrogens is 336 g/mol. The van der Waals surface area contributed by atoms with E-state index in [1.54, 1.807) is 58.9 Å². The van der Waals surface area contributed by atoms with Gasteiger partial charge in [0, 0.05) is 0 Å². The summed E-state index contributed by atoms with van der Waals surface area (Å²) < 4.78 is 15.3. The number of esters is 3. The highest BCUT2D eigenvalue weighted by atomic mass is 16.6. The fraction of sp³-hybridized carbons (Fsp3) is 0.550. The Balaban J connectivity index is 2.89. The summed E-state index contributed by atoms with van der Waals surface area (Å²) in [5.74, 6) is -1.98. The third-order valence-corrected chi connectivity index (χ3v) is 3.38. The molecule has 0 saturated heterocycles. The first-order chi connectivity index (χ1) is 12.0. The van der Waals surface area contributed by atoms with Crippen LogP contribution >= 0.6 is 0 Å². The molecule has 0 spiro atoms. The van der Waals surface area contributed by atoms with Crippen molar-refractivity contribution in [1.29, 1.82) is 0 Å². The standard InChI is InChI=1S/C20H28O6/c1-13(2)25-19(23)16(12-17(21)26-20(3,4)5)11-14-7-9-15(10-8-14)18(22)24-6/h7-10,13,16H,11-12H2,1-6H3/t16-/m0/s1. The highest BCUT2D eigenvalue weighted by molar-refractivity contribution is 5.89. The molecule has 6 nitrogen and oxygen atoms in total. The molecule has 0 N–H and O–H groups in total. The van der Waals surface area contributed by atoms with Crippen LogP contribution in [-0.2, 0) is 30.2 Å². The minimum atomic E-state index is -0.656. The van der Waals surface area contributed by atoms with E-state index >= 15 is 0 Å². The molecule has 0 amide bonds. The van der Waals surface area contributed by atoms with Crippen LogP contribution in [-0.4, -0.2) is 36.7 Å². The van der Waals surface area contributed by atoms with E-state index in [2.05, 4.69) is 4.74 Å². The largest absolute Gasteiger partial charge is 0.465 e. The number of carbonyl (C=O) groups is 3. The molecule has 0 radical (unpaired) electrons. The van der Waals surface area contributed by atoms with Crippen molar-refractivity contribution in [3.05, 3.63) is 35.4 Å². The molecule has 0 bridgehead atoms. The molecule has 1 aromatic carbocycles. The minimum absolute atomic E-state index is 0.0679. The number of benzene rings is 1. The Morgan fingerprint density at radius 3 is 2.08 bits per heavy atom. The maximum atomic E-state index is 12.4. The summed E-state index contributed by atoms with van der Waals surface area (Å²) in [4.78, 5) is 36.0. The monoisotopic (exact) mass is 364 g/mol. The molecule has 144 valence electrons. The third-order valence-electron chi connectivity index (χ3n) is 3.38. The number of hydrogen-bond acceptors (Lipinski definition) is 6. The van der Waals surface area contributed by atoms with Crippen LogP contribution in [0, 0.1) is 5.92 Å². The van der Waals surface area contributed by atoms with Crippen molar-refractivity contribution < 1.29 is 28.6 Å². The highest BCUT2D eigenvalue weighted by Crippen LogP contribution is 2.19. The van der Waals surface area contributed by atoms with Crippen LogP contribution < -0.4 is 0 Å². The Hall–Kier alpha value is -2.37. The van der Waals surface area contributed by atoms with E-state index in [1.807, 2.05) is 0 Å². The Morgan fingerprint density at radius 1 is 1.04 bits per heavy atom. The van der Waals surface area contributed by atoms with Crippen LogP contribution in [0.15, 0.2) is 24.3 Å². The predicted molar refractivity (Wildman–Crippen MR) is 96.7 cm³/mol. The summed E-state index contributed by atoms with van der Waals surface area (Å²) in [5.41, 5.74) is 0.614. The molecular formula is C20H28O6. The Labute approximate surface area is 154 Å². The number of rotatable bonds is 7. The van der Waals surface area contributed by atoms with E-state index in [-0.39, 0.29) is 12.5 Å². The van der Waals surface area contributed by atoms with Crippen LogP contribution in [0.4, 0.5) is 0 Å². The average Bonchev–Trinajstić information content (AvgIpc) is 2.51. The predicted octanol–water partition coefficient (Wildman–Crippen LogP) is 3.32. The molecule has 0 heterocycles. The Kier molecular flexibility index (Phi) is 7.80. The average molecular weight is 364 g/mol. The van der Waals surface area contributed by atoms with Gasteiger partial charge in [0.05, 0.1) is 31.1 Å². The van der Waals surface area contributed by atoms with Gasteiger partial charge >= 0.3 is 17.9 Å². The molecule has 6 heteroatoms. The first-order valence-corrected chi connectivity index (χ1v) is 8.61. The van der Waals surface area contributed by atoms with Gasteiger partial charge in [-0.05, 0) is 58.7 Å². The lowest BCUT2D eigenvalue weighted by Gasteiger charge is -2.22. The van der Waals surface area contributed by atoms with Crippen LogP contribution in [0.5, 0.6) is 0 Å². The van der Waals surface area contributed by atoms with E-state index < -0.39 is 29.4 Å². The Morgan fingerprint density at radius 2 is 1.62 bits per heavy atom. The van der Waals surface area contributed by atoms with E-state index in [1.165, 1.54) is 7.11 Å². The molecule has 0 saturated carbocycles. The zero-order valence-electron chi connectivity index (χ0n) is 16.3. The van der Waals surface area contributed by atoms with Gasteiger partial charge in [-0.15, -0.1) is 0 Å². The van der Waals surface area contributed by atoms with Crippen molar-refractivity contribution in [2.45, 2.75) is 59.2 Å². The fourth-order valence-electron chi connectivity index (χ4n) is 2.33. The van der Waals surface area contributed by atoms with Crippen LogP contribution in [0.3, 0.4) is 0 Å². The second-order valence-corrected chi connectivity index (χ2v) is 7.37. The van der Waals surface area contributed by atoms with E-state index in [9.17, 15) is 14.4 Å². The maximum absolute atomic E-state index is 12.4. The molecule has 1 rings (SSSR count). The van der Waals surface area contributed by atoms with Gasteiger partial charge in [0.1, 0.15) is 5.60 Å². The molecule has 26 heavy (non-hydrogen) atoms. The number of hydrogen-bond donors (Lipinski definition) is 0. The van der Waals surface area contributed by atoms with Crippen molar-refractivity contribution in [3.63, 3.8) is 0 Å². The van der Waals surface area contributed by atoms with Gasteiger partial charge in [0.2, 0.25) is 0 Å². The summed E-state index contributed by atoms with van der Waals surface area (Å²) in [6.45, 7) is 8.84. The third kappa shape index (κ3) is 7.68. The van der Waals surface area contributed by atoms with E-state index in [4.69, 9.17) is 9.47 Å².